The van der Waals surface area contributed by atoms with Gasteiger partial charge in [0.1, 0.15) is 6.04 Å². The minimum atomic E-state index is -0.935. The Kier molecular flexibility index (Phi) is 5.72. The molecule has 0 bridgehead atoms. The van der Waals surface area contributed by atoms with Gasteiger partial charge in [0.15, 0.2) is 5.12 Å². The van der Waals surface area contributed by atoms with Crippen molar-refractivity contribution >= 4 is 22.8 Å². The molecule has 1 atom stereocenters. The van der Waals surface area contributed by atoms with Crippen LogP contribution in [-0.4, -0.2) is 28.0 Å². The first-order valence-corrected chi connectivity index (χ1v) is 6.21. The van der Waals surface area contributed by atoms with E-state index in [1.165, 1.54) is 6.92 Å². The molecular formula is C12H15NO3S. The van der Waals surface area contributed by atoms with Crippen molar-refractivity contribution in [3.63, 3.8) is 0 Å². The second-order valence-electron chi connectivity index (χ2n) is 3.56. The summed E-state index contributed by atoms with van der Waals surface area (Å²) in [6.07, 6.45) is 0. The maximum absolute atomic E-state index is 10.9. The number of carboxylic acid groups (broad SMARTS) is 1. The van der Waals surface area contributed by atoms with Gasteiger partial charge in [0.25, 0.3) is 0 Å². The van der Waals surface area contributed by atoms with Gasteiger partial charge in [0.2, 0.25) is 0 Å². The first-order chi connectivity index (χ1) is 8.09. The summed E-state index contributed by atoms with van der Waals surface area (Å²) >= 11 is 1.02. The van der Waals surface area contributed by atoms with E-state index in [2.05, 4.69) is 5.32 Å². The number of thioether (sulfide) groups is 1. The highest BCUT2D eigenvalue weighted by Crippen LogP contribution is 2.05. The highest BCUT2D eigenvalue weighted by molar-refractivity contribution is 8.13. The molecule has 0 heterocycles. The molecule has 2 N–H and O–H groups in total. The van der Waals surface area contributed by atoms with Crippen LogP contribution in [0.1, 0.15) is 12.5 Å². The fourth-order valence-corrected chi connectivity index (χ4v) is 1.92. The highest BCUT2D eigenvalue weighted by atomic mass is 32.2. The summed E-state index contributed by atoms with van der Waals surface area (Å²) in [5.74, 6) is -0.688. The lowest BCUT2D eigenvalue weighted by Gasteiger charge is -2.13. The van der Waals surface area contributed by atoms with Gasteiger partial charge in [-0.05, 0) is 5.56 Å². The van der Waals surface area contributed by atoms with Gasteiger partial charge in [0, 0.05) is 19.2 Å². The molecule has 1 unspecified atom stereocenters. The summed E-state index contributed by atoms with van der Waals surface area (Å²) in [6.45, 7) is 1.91. The maximum atomic E-state index is 10.9. The Hall–Kier alpha value is -1.33. The Balaban J connectivity index is 2.45. The van der Waals surface area contributed by atoms with E-state index in [1.807, 2.05) is 30.3 Å². The molecule has 1 aromatic carbocycles. The van der Waals surface area contributed by atoms with Crippen LogP contribution in [0.4, 0.5) is 0 Å². The third-order valence-electron chi connectivity index (χ3n) is 2.15. The quantitative estimate of drug-likeness (QED) is 0.804. The molecule has 4 nitrogen and oxygen atoms in total. The summed E-state index contributed by atoms with van der Waals surface area (Å²) in [4.78, 5) is 21.7. The van der Waals surface area contributed by atoms with Gasteiger partial charge in [-0.2, -0.15) is 0 Å². The number of hydrogen-bond donors (Lipinski definition) is 2. The van der Waals surface area contributed by atoms with Crippen molar-refractivity contribution in [2.45, 2.75) is 19.5 Å². The van der Waals surface area contributed by atoms with E-state index >= 15 is 0 Å². The van der Waals surface area contributed by atoms with Gasteiger partial charge >= 0.3 is 5.97 Å². The Morgan fingerprint density at radius 1 is 1.35 bits per heavy atom. The molecule has 0 aromatic heterocycles. The molecule has 17 heavy (non-hydrogen) atoms. The second kappa shape index (κ2) is 7.09. The molecule has 0 fully saturated rings. The first kappa shape index (κ1) is 13.7. The van der Waals surface area contributed by atoms with Gasteiger partial charge in [-0.3, -0.25) is 14.9 Å². The van der Waals surface area contributed by atoms with Crippen LogP contribution in [0.3, 0.4) is 0 Å². The number of carbonyl (C=O) groups is 2. The molecular weight excluding hydrogens is 238 g/mol. The third-order valence-corrected chi connectivity index (χ3v) is 3.05. The number of rotatable bonds is 6. The lowest BCUT2D eigenvalue weighted by Crippen LogP contribution is -2.38. The van der Waals surface area contributed by atoms with Crippen LogP contribution in [-0.2, 0) is 16.1 Å². The standard InChI is InChI=1S/C12H15NO3S/c1-9(14)17-8-11(12(15)16)13-7-10-5-3-2-4-6-10/h2-6,11,13H,7-8H2,1H3,(H,15,16). The van der Waals surface area contributed by atoms with Crippen molar-refractivity contribution in [2.24, 2.45) is 0 Å². The van der Waals surface area contributed by atoms with Gasteiger partial charge in [-0.25, -0.2) is 0 Å². The van der Waals surface area contributed by atoms with Gasteiger partial charge < -0.3 is 5.11 Å². The van der Waals surface area contributed by atoms with E-state index in [1.54, 1.807) is 0 Å². The summed E-state index contributed by atoms with van der Waals surface area (Å²) < 4.78 is 0. The lowest BCUT2D eigenvalue weighted by atomic mass is 10.2. The molecule has 0 amide bonds. The molecule has 5 heteroatoms. The van der Waals surface area contributed by atoms with E-state index in [-0.39, 0.29) is 10.9 Å². The number of carboxylic acids is 1. The SMILES string of the molecule is CC(=O)SCC(NCc1ccccc1)C(=O)O. The molecule has 0 saturated heterocycles. The topological polar surface area (TPSA) is 66.4 Å². The first-order valence-electron chi connectivity index (χ1n) is 5.23. The van der Waals surface area contributed by atoms with Crippen LogP contribution >= 0.6 is 11.8 Å². The van der Waals surface area contributed by atoms with Gasteiger partial charge in [0.05, 0.1) is 0 Å². The van der Waals surface area contributed by atoms with Crippen LogP contribution < -0.4 is 5.32 Å². The van der Waals surface area contributed by atoms with E-state index in [9.17, 15) is 9.59 Å². The van der Waals surface area contributed by atoms with Crippen LogP contribution in [0.15, 0.2) is 30.3 Å². The normalized spacial score (nSPS) is 12.1. The molecule has 0 aliphatic rings. The zero-order valence-electron chi connectivity index (χ0n) is 9.55. The minimum Gasteiger partial charge on any atom is -0.480 e. The fourth-order valence-electron chi connectivity index (χ4n) is 1.26. The van der Waals surface area contributed by atoms with E-state index in [0.717, 1.165) is 17.3 Å². The van der Waals surface area contributed by atoms with Gasteiger partial charge in [-0.1, -0.05) is 42.1 Å². The zero-order chi connectivity index (χ0) is 12.7. The summed E-state index contributed by atoms with van der Waals surface area (Å²) in [6, 6.07) is 8.84. The lowest BCUT2D eigenvalue weighted by molar-refractivity contribution is -0.138. The zero-order valence-corrected chi connectivity index (χ0v) is 10.4. The van der Waals surface area contributed by atoms with Crippen molar-refractivity contribution in [2.75, 3.05) is 5.75 Å². The number of aliphatic carboxylic acids is 1. The van der Waals surface area contributed by atoms with Crippen molar-refractivity contribution in [3.05, 3.63) is 35.9 Å². The fraction of sp³-hybridized carbons (Fsp3) is 0.333. The average Bonchev–Trinajstić information content (AvgIpc) is 2.29. The van der Waals surface area contributed by atoms with Crippen molar-refractivity contribution in [3.8, 4) is 0 Å². The number of hydrogen-bond acceptors (Lipinski definition) is 4. The largest absolute Gasteiger partial charge is 0.480 e. The molecule has 0 spiro atoms. The number of carbonyl (C=O) groups excluding carboxylic acids is 1. The summed E-state index contributed by atoms with van der Waals surface area (Å²) in [7, 11) is 0. The molecule has 0 aliphatic heterocycles. The molecule has 92 valence electrons. The van der Waals surface area contributed by atoms with E-state index in [4.69, 9.17) is 5.11 Å². The van der Waals surface area contributed by atoms with Gasteiger partial charge in [-0.15, -0.1) is 0 Å². The molecule has 1 rings (SSSR count). The van der Waals surface area contributed by atoms with Crippen molar-refractivity contribution < 1.29 is 14.7 Å². The second-order valence-corrected chi connectivity index (χ2v) is 4.76. The Labute approximate surface area is 104 Å². The molecule has 0 saturated carbocycles. The van der Waals surface area contributed by atoms with Crippen molar-refractivity contribution in [1.82, 2.24) is 5.32 Å². The molecule has 0 aliphatic carbocycles. The average molecular weight is 253 g/mol. The monoisotopic (exact) mass is 253 g/mol. The van der Waals surface area contributed by atoms with Crippen LogP contribution in [0, 0.1) is 0 Å². The third kappa shape index (κ3) is 5.51. The highest BCUT2D eigenvalue weighted by Gasteiger charge is 2.17. The summed E-state index contributed by atoms with van der Waals surface area (Å²) in [5.41, 5.74) is 1.02. The Morgan fingerprint density at radius 3 is 2.53 bits per heavy atom. The van der Waals surface area contributed by atoms with Crippen LogP contribution in [0.25, 0.3) is 0 Å². The summed E-state index contributed by atoms with van der Waals surface area (Å²) in [5, 5.41) is 11.8. The minimum absolute atomic E-state index is 0.0715. The smallest absolute Gasteiger partial charge is 0.321 e. The Morgan fingerprint density at radius 2 is 2.00 bits per heavy atom. The Bertz CT molecular complexity index is 381. The maximum Gasteiger partial charge on any atom is 0.321 e. The van der Waals surface area contributed by atoms with Crippen LogP contribution in [0.5, 0.6) is 0 Å². The predicted octanol–water partition coefficient (Wildman–Crippen LogP) is 1.51. The van der Waals surface area contributed by atoms with E-state index in [0.29, 0.717) is 6.54 Å². The molecule has 0 radical (unpaired) electrons. The van der Waals surface area contributed by atoms with E-state index < -0.39 is 12.0 Å². The predicted molar refractivity (Wildman–Crippen MR) is 67.8 cm³/mol. The van der Waals surface area contributed by atoms with Crippen LogP contribution in [0.2, 0.25) is 0 Å². The number of benzene rings is 1. The molecule has 1 aromatic rings. The number of nitrogens with one attached hydrogen (secondary N) is 1. The van der Waals surface area contributed by atoms with Crippen molar-refractivity contribution in [1.29, 1.82) is 0 Å².